The monoisotopic (exact) mass is 517 g/mol. The van der Waals surface area contributed by atoms with Gasteiger partial charge in [0.1, 0.15) is 6.54 Å². The molecule has 0 spiro atoms. The van der Waals surface area contributed by atoms with Crippen LogP contribution in [0.25, 0.3) is 0 Å². The maximum atomic E-state index is 13.4. The second kappa shape index (κ2) is 12.1. The standard InChI is InChI=1S/C27H30F3N3O2S/c1-19(2)15-33(26(35)31-23-12-10-22(11-13-23)27(28,29)30)18-25(34)32(16-21-7-5-4-6-8-21)17-24-14-9-20(3)36-24/h4-14,19H,15-18H2,1-3H3,(H,31,35). The summed E-state index contributed by atoms with van der Waals surface area (Å²) >= 11 is 1.62. The number of alkyl halides is 3. The highest BCUT2D eigenvalue weighted by molar-refractivity contribution is 7.11. The van der Waals surface area contributed by atoms with E-state index in [0.29, 0.717) is 19.6 Å². The van der Waals surface area contributed by atoms with E-state index >= 15 is 0 Å². The number of amides is 3. The normalized spacial score (nSPS) is 11.4. The topological polar surface area (TPSA) is 52.7 Å². The van der Waals surface area contributed by atoms with Crippen LogP contribution in [0.3, 0.4) is 0 Å². The largest absolute Gasteiger partial charge is 0.416 e. The quantitative estimate of drug-likeness (QED) is 0.340. The van der Waals surface area contributed by atoms with E-state index in [9.17, 15) is 22.8 Å². The number of nitrogens with zero attached hydrogens (tertiary/aromatic N) is 2. The molecule has 36 heavy (non-hydrogen) atoms. The molecule has 2 aromatic carbocycles. The van der Waals surface area contributed by atoms with Gasteiger partial charge in [-0.15, -0.1) is 11.3 Å². The Morgan fingerprint density at radius 1 is 0.917 bits per heavy atom. The van der Waals surface area contributed by atoms with Gasteiger partial charge in [0, 0.05) is 28.5 Å². The summed E-state index contributed by atoms with van der Waals surface area (Å²) in [5, 5.41) is 2.62. The third-order valence-electron chi connectivity index (χ3n) is 5.37. The second-order valence-corrected chi connectivity index (χ2v) is 10.4. The molecule has 192 valence electrons. The number of rotatable bonds is 9. The van der Waals surface area contributed by atoms with Crippen molar-refractivity contribution in [3.05, 3.63) is 87.6 Å². The van der Waals surface area contributed by atoms with Crippen LogP contribution in [-0.2, 0) is 24.1 Å². The number of aryl methyl sites for hydroxylation is 1. The molecule has 0 aliphatic heterocycles. The molecule has 0 fully saturated rings. The second-order valence-electron chi connectivity index (χ2n) is 9.03. The summed E-state index contributed by atoms with van der Waals surface area (Å²) in [5.74, 6) is -0.133. The fourth-order valence-corrected chi connectivity index (χ4v) is 4.57. The molecular formula is C27H30F3N3O2S. The Morgan fingerprint density at radius 2 is 1.58 bits per heavy atom. The lowest BCUT2D eigenvalue weighted by Crippen LogP contribution is -2.45. The number of hydrogen-bond acceptors (Lipinski definition) is 3. The van der Waals surface area contributed by atoms with Crippen molar-refractivity contribution >= 4 is 29.0 Å². The summed E-state index contributed by atoms with van der Waals surface area (Å²) in [6, 6.07) is 17.3. The first-order valence-corrected chi connectivity index (χ1v) is 12.4. The highest BCUT2D eigenvalue weighted by atomic mass is 32.1. The lowest BCUT2D eigenvalue weighted by Gasteiger charge is -2.29. The zero-order valence-corrected chi connectivity index (χ0v) is 21.3. The van der Waals surface area contributed by atoms with Gasteiger partial charge in [0.25, 0.3) is 0 Å². The fraction of sp³-hybridized carbons (Fsp3) is 0.333. The van der Waals surface area contributed by atoms with Crippen LogP contribution >= 0.6 is 11.3 Å². The SMILES string of the molecule is Cc1ccc(CN(Cc2ccccc2)C(=O)CN(CC(C)C)C(=O)Nc2ccc(C(F)(F)F)cc2)s1. The third-order valence-corrected chi connectivity index (χ3v) is 6.36. The van der Waals surface area contributed by atoms with Gasteiger partial charge >= 0.3 is 12.2 Å². The zero-order valence-electron chi connectivity index (χ0n) is 20.5. The van der Waals surface area contributed by atoms with Crippen LogP contribution in [0.1, 0.15) is 34.7 Å². The Hall–Kier alpha value is -3.33. The Morgan fingerprint density at radius 3 is 2.14 bits per heavy atom. The Bertz CT molecular complexity index is 1150. The lowest BCUT2D eigenvalue weighted by atomic mass is 10.2. The molecule has 0 bridgehead atoms. The average Bonchev–Trinajstić information content (AvgIpc) is 3.23. The molecule has 3 aromatic rings. The van der Waals surface area contributed by atoms with Crippen molar-refractivity contribution in [1.29, 1.82) is 0 Å². The van der Waals surface area contributed by atoms with Crippen molar-refractivity contribution in [3.8, 4) is 0 Å². The van der Waals surface area contributed by atoms with E-state index in [1.165, 1.54) is 17.0 Å². The molecule has 0 radical (unpaired) electrons. The van der Waals surface area contributed by atoms with E-state index in [2.05, 4.69) is 5.32 Å². The van der Waals surface area contributed by atoms with Gasteiger partial charge in [-0.3, -0.25) is 4.79 Å². The molecule has 1 heterocycles. The van der Waals surface area contributed by atoms with Crippen molar-refractivity contribution in [2.45, 2.75) is 40.0 Å². The Labute approximate surface area is 213 Å². The molecular weight excluding hydrogens is 487 g/mol. The molecule has 0 aliphatic rings. The number of thiophene rings is 1. The van der Waals surface area contributed by atoms with Gasteiger partial charge in [-0.2, -0.15) is 13.2 Å². The van der Waals surface area contributed by atoms with Gasteiger partial charge < -0.3 is 15.1 Å². The summed E-state index contributed by atoms with van der Waals surface area (Å²) in [6.45, 7) is 6.85. The van der Waals surface area contributed by atoms with E-state index in [1.54, 1.807) is 16.2 Å². The Kier molecular flexibility index (Phi) is 9.14. The first kappa shape index (κ1) is 27.3. The van der Waals surface area contributed by atoms with Gasteiger partial charge in [-0.25, -0.2) is 4.79 Å². The lowest BCUT2D eigenvalue weighted by molar-refractivity contribution is -0.137. The predicted molar refractivity (Wildman–Crippen MR) is 137 cm³/mol. The predicted octanol–water partition coefficient (Wildman–Crippen LogP) is 6.79. The summed E-state index contributed by atoms with van der Waals surface area (Å²) in [5.41, 5.74) is 0.406. The third kappa shape index (κ3) is 8.12. The molecule has 5 nitrogen and oxygen atoms in total. The molecule has 0 saturated heterocycles. The van der Waals surface area contributed by atoms with E-state index in [4.69, 9.17) is 0 Å². The number of carbonyl (C=O) groups is 2. The minimum absolute atomic E-state index is 0.0821. The van der Waals surface area contributed by atoms with Gasteiger partial charge in [0.05, 0.1) is 12.1 Å². The molecule has 3 amide bonds. The average molecular weight is 518 g/mol. The molecule has 1 aromatic heterocycles. The number of benzene rings is 2. The highest BCUT2D eigenvalue weighted by Crippen LogP contribution is 2.30. The van der Waals surface area contributed by atoms with Crippen LogP contribution in [0, 0.1) is 12.8 Å². The van der Waals surface area contributed by atoms with Crippen molar-refractivity contribution in [2.75, 3.05) is 18.4 Å². The minimum atomic E-state index is -4.46. The van der Waals surface area contributed by atoms with Crippen LogP contribution in [0.5, 0.6) is 0 Å². The van der Waals surface area contributed by atoms with Gasteiger partial charge in [-0.1, -0.05) is 44.2 Å². The van der Waals surface area contributed by atoms with Crippen molar-refractivity contribution in [2.24, 2.45) is 5.92 Å². The van der Waals surface area contributed by atoms with E-state index in [-0.39, 0.29) is 24.1 Å². The summed E-state index contributed by atoms with van der Waals surface area (Å²) in [7, 11) is 0. The van der Waals surface area contributed by atoms with E-state index in [0.717, 1.165) is 27.5 Å². The maximum Gasteiger partial charge on any atom is 0.416 e. The maximum absolute atomic E-state index is 13.4. The van der Waals surface area contributed by atoms with Crippen LogP contribution in [-0.4, -0.2) is 34.8 Å². The fourth-order valence-electron chi connectivity index (χ4n) is 3.66. The van der Waals surface area contributed by atoms with Crippen molar-refractivity contribution in [1.82, 2.24) is 9.80 Å². The molecule has 0 saturated carbocycles. The van der Waals surface area contributed by atoms with Crippen LogP contribution in [0.2, 0.25) is 0 Å². The number of urea groups is 1. The van der Waals surface area contributed by atoms with Gasteiger partial charge in [-0.05, 0) is 54.8 Å². The smallest absolute Gasteiger partial charge is 0.332 e. The minimum Gasteiger partial charge on any atom is -0.332 e. The highest BCUT2D eigenvalue weighted by Gasteiger charge is 2.30. The van der Waals surface area contributed by atoms with E-state index in [1.807, 2.05) is 63.2 Å². The summed E-state index contributed by atoms with van der Waals surface area (Å²) < 4.78 is 38.5. The first-order chi connectivity index (χ1) is 17.0. The van der Waals surface area contributed by atoms with E-state index < -0.39 is 17.8 Å². The number of anilines is 1. The molecule has 3 rings (SSSR count). The van der Waals surface area contributed by atoms with Gasteiger partial charge in [0.15, 0.2) is 0 Å². The molecule has 0 atom stereocenters. The Balaban J connectivity index is 1.75. The molecule has 1 N–H and O–H groups in total. The van der Waals surface area contributed by atoms with Crippen LogP contribution < -0.4 is 5.32 Å². The number of hydrogen-bond donors (Lipinski definition) is 1. The molecule has 0 unspecified atom stereocenters. The van der Waals surface area contributed by atoms with Crippen LogP contribution in [0.15, 0.2) is 66.7 Å². The zero-order chi connectivity index (χ0) is 26.3. The number of nitrogens with one attached hydrogen (secondary N) is 1. The van der Waals surface area contributed by atoms with Crippen LogP contribution in [0.4, 0.5) is 23.7 Å². The number of carbonyl (C=O) groups excluding carboxylic acids is 2. The summed E-state index contributed by atoms with van der Waals surface area (Å²) in [4.78, 5) is 31.8. The van der Waals surface area contributed by atoms with Gasteiger partial charge in [0.2, 0.25) is 5.91 Å². The molecule has 0 aliphatic carbocycles. The molecule has 9 heteroatoms. The van der Waals surface area contributed by atoms with Crippen molar-refractivity contribution < 1.29 is 22.8 Å². The first-order valence-electron chi connectivity index (χ1n) is 11.6. The number of halogens is 3. The van der Waals surface area contributed by atoms with Crippen molar-refractivity contribution in [3.63, 3.8) is 0 Å². The summed E-state index contributed by atoms with van der Waals surface area (Å²) in [6.07, 6.45) is -4.46.